The Balaban J connectivity index is 1.76. The molecule has 2 fully saturated rings. The van der Waals surface area contributed by atoms with Crippen LogP contribution in [0.1, 0.15) is 29.5 Å². The maximum atomic E-state index is 12.1. The van der Waals surface area contributed by atoms with Crippen LogP contribution in [0, 0.1) is 13.8 Å². The van der Waals surface area contributed by atoms with Crippen LogP contribution in [-0.4, -0.2) is 44.3 Å². The van der Waals surface area contributed by atoms with Gasteiger partial charge in [-0.15, -0.1) is 0 Å². The quantitative estimate of drug-likeness (QED) is 0.882. The van der Waals surface area contributed by atoms with Gasteiger partial charge in [0.15, 0.2) is 0 Å². The van der Waals surface area contributed by atoms with Gasteiger partial charge < -0.3 is 15.4 Å². The van der Waals surface area contributed by atoms with Gasteiger partial charge in [-0.25, -0.2) is 4.79 Å². The third kappa shape index (κ3) is 3.17. The number of hydrogen-bond donors (Lipinski definition) is 2. The van der Waals surface area contributed by atoms with E-state index in [0.29, 0.717) is 19.0 Å². The summed E-state index contributed by atoms with van der Waals surface area (Å²) in [5, 5.41) is 5.99. The van der Waals surface area contributed by atoms with Crippen molar-refractivity contribution < 1.29 is 14.3 Å². The molecule has 1 unspecified atom stereocenters. The fourth-order valence-electron chi connectivity index (χ4n) is 3.34. The number of ether oxygens (including phenoxy) is 1. The van der Waals surface area contributed by atoms with Crippen molar-refractivity contribution >= 4 is 17.7 Å². The maximum Gasteiger partial charge on any atom is 0.414 e. The van der Waals surface area contributed by atoms with E-state index in [1.54, 1.807) is 4.90 Å². The van der Waals surface area contributed by atoms with Gasteiger partial charge in [0, 0.05) is 31.6 Å². The molecule has 1 atom stereocenters. The van der Waals surface area contributed by atoms with E-state index in [2.05, 4.69) is 36.6 Å². The molecule has 2 heterocycles. The molecule has 2 aliphatic heterocycles. The van der Waals surface area contributed by atoms with E-state index in [1.807, 2.05) is 0 Å². The van der Waals surface area contributed by atoms with E-state index < -0.39 is 0 Å². The van der Waals surface area contributed by atoms with Crippen molar-refractivity contribution in [3.8, 4) is 0 Å². The predicted octanol–water partition coefficient (Wildman–Crippen LogP) is 1.45. The number of aryl methyl sites for hydroxylation is 2. The first-order valence-electron chi connectivity index (χ1n) is 8.00. The van der Waals surface area contributed by atoms with E-state index in [4.69, 9.17) is 4.74 Å². The second-order valence-electron chi connectivity index (χ2n) is 6.40. The lowest BCUT2D eigenvalue weighted by atomic mass is 9.86. The summed E-state index contributed by atoms with van der Waals surface area (Å²) >= 11 is 0. The monoisotopic (exact) mass is 317 g/mol. The number of carbonyl (C=O) groups is 2. The van der Waals surface area contributed by atoms with Crippen LogP contribution in [0.25, 0.3) is 0 Å². The smallest absolute Gasteiger partial charge is 0.414 e. The maximum absolute atomic E-state index is 12.1. The highest BCUT2D eigenvalue weighted by Gasteiger charge is 2.33. The van der Waals surface area contributed by atoms with Crippen LogP contribution in [0.2, 0.25) is 0 Å². The van der Waals surface area contributed by atoms with Crippen molar-refractivity contribution in [3.63, 3.8) is 0 Å². The molecule has 0 saturated carbocycles. The average Bonchev–Trinajstić information content (AvgIpc) is 2.79. The van der Waals surface area contributed by atoms with Gasteiger partial charge in [0.1, 0.15) is 6.10 Å². The Morgan fingerprint density at radius 1 is 1.35 bits per heavy atom. The van der Waals surface area contributed by atoms with Gasteiger partial charge in [0.2, 0.25) is 5.91 Å². The molecule has 0 bridgehead atoms. The molecule has 2 aliphatic rings. The van der Waals surface area contributed by atoms with E-state index in [-0.39, 0.29) is 18.1 Å². The minimum atomic E-state index is -0.350. The molecule has 1 aromatic carbocycles. The molecule has 3 rings (SSSR count). The Morgan fingerprint density at radius 3 is 2.52 bits per heavy atom. The van der Waals surface area contributed by atoms with Crippen molar-refractivity contribution in [2.24, 2.45) is 0 Å². The van der Waals surface area contributed by atoms with E-state index in [0.717, 1.165) is 18.8 Å². The summed E-state index contributed by atoms with van der Waals surface area (Å²) in [7, 11) is 0. The highest BCUT2D eigenvalue weighted by atomic mass is 16.6. The summed E-state index contributed by atoms with van der Waals surface area (Å²) in [6, 6.07) is 4.12. The molecule has 0 spiro atoms. The summed E-state index contributed by atoms with van der Waals surface area (Å²) in [6.45, 7) is 8.50. The van der Waals surface area contributed by atoms with Crippen LogP contribution in [-0.2, 0) is 9.53 Å². The van der Waals surface area contributed by atoms with Gasteiger partial charge >= 0.3 is 6.09 Å². The lowest BCUT2D eigenvalue weighted by molar-refractivity contribution is -0.119. The second-order valence-corrected chi connectivity index (χ2v) is 6.40. The molecule has 0 aromatic heterocycles. The zero-order chi connectivity index (χ0) is 16.6. The molecular formula is C17H23N3O3. The molecule has 124 valence electrons. The second kappa shape index (κ2) is 6.20. The van der Waals surface area contributed by atoms with Crippen LogP contribution in [0.5, 0.6) is 0 Å². The SMILES string of the molecule is CC(=O)NCC1CN(c2cc(C)c(C3CNC3)c(C)c2)C(=O)O1. The van der Waals surface area contributed by atoms with E-state index in [9.17, 15) is 9.59 Å². The van der Waals surface area contributed by atoms with Crippen LogP contribution >= 0.6 is 0 Å². The van der Waals surface area contributed by atoms with E-state index in [1.165, 1.54) is 23.6 Å². The zero-order valence-electron chi connectivity index (χ0n) is 13.8. The van der Waals surface area contributed by atoms with Gasteiger partial charge in [0.25, 0.3) is 0 Å². The molecule has 1 aromatic rings. The number of cyclic esters (lactones) is 1. The lowest BCUT2D eigenvalue weighted by Gasteiger charge is -2.31. The minimum absolute atomic E-state index is 0.121. The number of carbonyl (C=O) groups excluding carboxylic acids is 2. The summed E-state index contributed by atoms with van der Waals surface area (Å²) < 4.78 is 5.33. The number of benzene rings is 1. The molecule has 2 amide bonds. The van der Waals surface area contributed by atoms with Gasteiger partial charge in [-0.3, -0.25) is 9.69 Å². The molecule has 6 heteroatoms. The Kier molecular flexibility index (Phi) is 4.26. The van der Waals surface area contributed by atoms with Crippen molar-refractivity contribution in [3.05, 3.63) is 28.8 Å². The summed E-state index contributed by atoms with van der Waals surface area (Å²) in [5.74, 6) is 0.451. The Bertz CT molecular complexity index is 617. The Labute approximate surface area is 136 Å². The lowest BCUT2D eigenvalue weighted by Crippen LogP contribution is -2.40. The number of hydrogen-bond acceptors (Lipinski definition) is 4. The van der Waals surface area contributed by atoms with Crippen molar-refractivity contribution in [2.75, 3.05) is 31.1 Å². The molecule has 23 heavy (non-hydrogen) atoms. The van der Waals surface area contributed by atoms with Crippen LogP contribution in [0.3, 0.4) is 0 Å². The first-order chi connectivity index (χ1) is 11.0. The fraction of sp³-hybridized carbons (Fsp3) is 0.529. The van der Waals surface area contributed by atoms with Crippen LogP contribution in [0.15, 0.2) is 12.1 Å². The number of nitrogens with zero attached hydrogens (tertiary/aromatic N) is 1. The normalized spacial score (nSPS) is 21.1. The van der Waals surface area contributed by atoms with E-state index >= 15 is 0 Å². The summed E-state index contributed by atoms with van der Waals surface area (Å²) in [4.78, 5) is 24.8. The Hall–Kier alpha value is -2.08. The molecule has 2 saturated heterocycles. The summed E-state index contributed by atoms with van der Waals surface area (Å²) in [6.07, 6.45) is -0.653. The molecule has 6 nitrogen and oxygen atoms in total. The van der Waals surface area contributed by atoms with Crippen molar-refractivity contribution in [1.82, 2.24) is 10.6 Å². The van der Waals surface area contributed by atoms with Crippen molar-refractivity contribution in [2.45, 2.75) is 32.8 Å². The number of anilines is 1. The van der Waals surface area contributed by atoms with Crippen molar-refractivity contribution in [1.29, 1.82) is 0 Å². The average molecular weight is 317 g/mol. The minimum Gasteiger partial charge on any atom is -0.442 e. The van der Waals surface area contributed by atoms with Gasteiger partial charge in [-0.2, -0.15) is 0 Å². The standard InChI is InChI=1S/C17H23N3O3/c1-10-4-14(5-11(2)16(10)13-6-18-7-13)20-9-15(23-17(20)22)8-19-12(3)21/h4-5,13,15,18H,6-9H2,1-3H3,(H,19,21). The topological polar surface area (TPSA) is 70.7 Å². The van der Waals surface area contributed by atoms with Gasteiger partial charge in [0.05, 0.1) is 13.1 Å². The highest BCUT2D eigenvalue weighted by Crippen LogP contribution is 2.32. The zero-order valence-corrected chi connectivity index (χ0v) is 13.8. The van der Waals surface area contributed by atoms with Crippen LogP contribution < -0.4 is 15.5 Å². The van der Waals surface area contributed by atoms with Gasteiger partial charge in [-0.1, -0.05) is 0 Å². The number of amides is 2. The first-order valence-corrected chi connectivity index (χ1v) is 8.00. The molecule has 0 aliphatic carbocycles. The third-order valence-electron chi connectivity index (χ3n) is 4.53. The van der Waals surface area contributed by atoms with Gasteiger partial charge in [-0.05, 0) is 42.7 Å². The largest absolute Gasteiger partial charge is 0.442 e. The third-order valence-corrected chi connectivity index (χ3v) is 4.53. The fourth-order valence-corrected chi connectivity index (χ4v) is 3.34. The summed E-state index contributed by atoms with van der Waals surface area (Å²) in [5.41, 5.74) is 4.68. The molecular weight excluding hydrogens is 294 g/mol. The first kappa shape index (κ1) is 15.8. The predicted molar refractivity (Wildman–Crippen MR) is 87.8 cm³/mol. The Morgan fingerprint density at radius 2 is 2.00 bits per heavy atom. The molecule has 2 N–H and O–H groups in total. The highest BCUT2D eigenvalue weighted by molar-refractivity contribution is 5.90. The number of rotatable bonds is 4. The molecule has 0 radical (unpaired) electrons. The van der Waals surface area contributed by atoms with Crippen LogP contribution in [0.4, 0.5) is 10.5 Å². The number of nitrogens with one attached hydrogen (secondary N) is 2.